The molecule has 0 aliphatic rings. The van der Waals surface area contributed by atoms with Gasteiger partial charge in [-0.05, 0) is 46.1 Å². The van der Waals surface area contributed by atoms with Crippen LogP contribution in [0.1, 0.15) is 39.7 Å². The van der Waals surface area contributed by atoms with Gasteiger partial charge in [-0.15, -0.1) is 0 Å². The Morgan fingerprint density at radius 2 is 1.67 bits per heavy atom. The van der Waals surface area contributed by atoms with Gasteiger partial charge in [-0.25, -0.2) is 15.0 Å². The van der Waals surface area contributed by atoms with Crippen molar-refractivity contribution in [3.63, 3.8) is 0 Å². The molecule has 2 amide bonds. The van der Waals surface area contributed by atoms with E-state index in [-0.39, 0.29) is 12.2 Å². The number of hydrogen-bond donors (Lipinski definition) is 1. The first-order chi connectivity index (χ1) is 11.3. The van der Waals surface area contributed by atoms with Gasteiger partial charge in [0.1, 0.15) is 0 Å². The summed E-state index contributed by atoms with van der Waals surface area (Å²) in [5, 5.41) is 1.01. The molecule has 0 fully saturated rings. The highest BCUT2D eigenvalue weighted by Gasteiger charge is 2.22. The molecule has 1 N–H and O–H groups in total. The molecule has 0 aliphatic carbocycles. The second-order valence-corrected chi connectivity index (χ2v) is 5.89. The Kier molecular flexibility index (Phi) is 7.82. The molecule has 1 rings (SSSR count). The number of nitrogens with one attached hydrogen (secondary N) is 1. The zero-order valence-electron chi connectivity index (χ0n) is 14.7. The SMILES string of the molecule is C=C(CCc1ccccc1)N(NC(=O)OC(C)C)C(=O)OC(C)C. The number of hydrazine groups is 1. The summed E-state index contributed by atoms with van der Waals surface area (Å²) in [4.78, 5) is 24.0. The zero-order chi connectivity index (χ0) is 18.1. The van der Waals surface area contributed by atoms with Crippen LogP contribution in [0.15, 0.2) is 42.6 Å². The van der Waals surface area contributed by atoms with Crippen molar-refractivity contribution < 1.29 is 19.1 Å². The Labute approximate surface area is 143 Å². The number of ether oxygens (including phenoxy) is 2. The Bertz CT molecular complexity index is 555. The lowest BCUT2D eigenvalue weighted by atomic mass is 10.1. The lowest BCUT2D eigenvalue weighted by Gasteiger charge is -2.25. The number of rotatable bonds is 6. The second-order valence-electron chi connectivity index (χ2n) is 5.89. The molecule has 1 aromatic rings. The van der Waals surface area contributed by atoms with Crippen molar-refractivity contribution in [2.24, 2.45) is 0 Å². The standard InChI is InChI=1S/C18H26N2O4/c1-13(2)23-17(21)19-20(18(22)24-14(3)4)15(5)11-12-16-9-7-6-8-10-16/h6-10,13-14H,5,11-12H2,1-4H3,(H,19,21). The van der Waals surface area contributed by atoms with E-state index in [1.54, 1.807) is 27.7 Å². The van der Waals surface area contributed by atoms with Gasteiger partial charge >= 0.3 is 12.2 Å². The average molecular weight is 334 g/mol. The highest BCUT2D eigenvalue weighted by atomic mass is 16.6. The minimum Gasteiger partial charge on any atom is -0.446 e. The van der Waals surface area contributed by atoms with Crippen molar-refractivity contribution in [1.82, 2.24) is 10.4 Å². The van der Waals surface area contributed by atoms with Crippen LogP contribution in [0.5, 0.6) is 0 Å². The molecule has 6 heteroatoms. The molecule has 24 heavy (non-hydrogen) atoms. The summed E-state index contributed by atoms with van der Waals surface area (Å²) in [7, 11) is 0. The summed E-state index contributed by atoms with van der Waals surface area (Å²) < 4.78 is 10.2. The predicted molar refractivity (Wildman–Crippen MR) is 92.1 cm³/mol. The van der Waals surface area contributed by atoms with E-state index in [2.05, 4.69) is 12.0 Å². The van der Waals surface area contributed by atoms with Gasteiger partial charge in [0.2, 0.25) is 0 Å². The average Bonchev–Trinajstić information content (AvgIpc) is 2.49. The van der Waals surface area contributed by atoms with Crippen LogP contribution in [-0.2, 0) is 15.9 Å². The van der Waals surface area contributed by atoms with Gasteiger partial charge in [-0.2, -0.15) is 5.01 Å². The molecule has 0 saturated heterocycles. The van der Waals surface area contributed by atoms with E-state index in [0.717, 1.165) is 10.6 Å². The van der Waals surface area contributed by atoms with Crippen molar-refractivity contribution in [2.45, 2.75) is 52.7 Å². The van der Waals surface area contributed by atoms with E-state index in [0.29, 0.717) is 18.5 Å². The fourth-order valence-corrected chi connectivity index (χ4v) is 1.88. The number of hydrogen-bond acceptors (Lipinski definition) is 4. The third-order valence-corrected chi connectivity index (χ3v) is 2.93. The number of nitrogens with zero attached hydrogens (tertiary/aromatic N) is 1. The van der Waals surface area contributed by atoms with Crippen molar-refractivity contribution in [1.29, 1.82) is 0 Å². The van der Waals surface area contributed by atoms with E-state index < -0.39 is 12.2 Å². The number of amides is 2. The van der Waals surface area contributed by atoms with Crippen LogP contribution in [0, 0.1) is 0 Å². The van der Waals surface area contributed by atoms with Gasteiger partial charge < -0.3 is 9.47 Å². The molecule has 0 spiro atoms. The number of benzene rings is 1. The first-order valence-electron chi connectivity index (χ1n) is 7.99. The smallest absolute Gasteiger partial charge is 0.433 e. The molecule has 0 unspecified atom stereocenters. The van der Waals surface area contributed by atoms with E-state index >= 15 is 0 Å². The molecule has 0 heterocycles. The lowest BCUT2D eigenvalue weighted by molar-refractivity contribution is 0.0574. The first kappa shape index (κ1) is 19.5. The third-order valence-electron chi connectivity index (χ3n) is 2.93. The minimum atomic E-state index is -0.730. The van der Waals surface area contributed by atoms with Crippen molar-refractivity contribution in [2.75, 3.05) is 0 Å². The molecular formula is C18H26N2O4. The first-order valence-corrected chi connectivity index (χ1v) is 7.99. The summed E-state index contributed by atoms with van der Waals surface area (Å²) in [5.41, 5.74) is 3.92. The van der Waals surface area contributed by atoms with Crippen LogP contribution in [0.3, 0.4) is 0 Å². The van der Waals surface area contributed by atoms with Gasteiger partial charge in [-0.1, -0.05) is 36.9 Å². The summed E-state index contributed by atoms with van der Waals surface area (Å²) >= 11 is 0. The van der Waals surface area contributed by atoms with Gasteiger partial charge in [-0.3, -0.25) is 0 Å². The monoisotopic (exact) mass is 334 g/mol. The van der Waals surface area contributed by atoms with Crippen LogP contribution in [-0.4, -0.2) is 29.4 Å². The summed E-state index contributed by atoms with van der Waals surface area (Å²) in [5.74, 6) is 0. The topological polar surface area (TPSA) is 67.9 Å². The maximum atomic E-state index is 12.2. The van der Waals surface area contributed by atoms with Gasteiger partial charge in [0.05, 0.1) is 12.2 Å². The minimum absolute atomic E-state index is 0.300. The fourth-order valence-electron chi connectivity index (χ4n) is 1.88. The van der Waals surface area contributed by atoms with Gasteiger partial charge in [0.25, 0.3) is 0 Å². The molecule has 0 aromatic heterocycles. The largest absolute Gasteiger partial charge is 0.446 e. The molecule has 0 saturated carbocycles. The highest BCUT2D eigenvalue weighted by molar-refractivity contribution is 5.75. The molecule has 132 valence electrons. The van der Waals surface area contributed by atoms with Crippen molar-refractivity contribution in [3.8, 4) is 0 Å². The van der Waals surface area contributed by atoms with E-state index in [9.17, 15) is 9.59 Å². The van der Waals surface area contributed by atoms with Crippen LogP contribution in [0.2, 0.25) is 0 Å². The van der Waals surface area contributed by atoms with Crippen LogP contribution < -0.4 is 5.43 Å². The maximum absolute atomic E-state index is 12.2. The third kappa shape index (κ3) is 7.17. The molecule has 0 aliphatic heterocycles. The van der Waals surface area contributed by atoms with E-state index in [1.165, 1.54) is 0 Å². The van der Waals surface area contributed by atoms with Gasteiger partial charge in [0.15, 0.2) is 0 Å². The molecule has 0 radical (unpaired) electrons. The molecular weight excluding hydrogens is 308 g/mol. The summed E-state index contributed by atoms with van der Waals surface area (Å²) in [6.45, 7) is 10.8. The fraction of sp³-hybridized carbons (Fsp3) is 0.444. The summed E-state index contributed by atoms with van der Waals surface area (Å²) in [6.07, 6.45) is -0.865. The number of aryl methyl sites for hydroxylation is 1. The quantitative estimate of drug-likeness (QED) is 0.798. The van der Waals surface area contributed by atoms with Gasteiger partial charge in [0, 0.05) is 5.70 Å². The molecule has 0 atom stereocenters. The van der Waals surface area contributed by atoms with Crippen LogP contribution >= 0.6 is 0 Å². The van der Waals surface area contributed by atoms with E-state index in [4.69, 9.17) is 9.47 Å². The van der Waals surface area contributed by atoms with Crippen LogP contribution in [0.4, 0.5) is 9.59 Å². The Hall–Kier alpha value is -2.50. The Morgan fingerprint density at radius 1 is 1.08 bits per heavy atom. The molecule has 0 bridgehead atoms. The zero-order valence-corrected chi connectivity index (χ0v) is 14.7. The number of carbonyl (C=O) groups excluding carboxylic acids is 2. The number of allylic oxidation sites excluding steroid dienone is 1. The Balaban J connectivity index is 2.73. The summed E-state index contributed by atoms with van der Waals surface area (Å²) in [6, 6.07) is 9.81. The maximum Gasteiger partial charge on any atom is 0.433 e. The van der Waals surface area contributed by atoms with Crippen molar-refractivity contribution in [3.05, 3.63) is 48.2 Å². The highest BCUT2D eigenvalue weighted by Crippen LogP contribution is 2.12. The normalized spacial score (nSPS) is 10.4. The lowest BCUT2D eigenvalue weighted by Crippen LogP contribution is -2.47. The predicted octanol–water partition coefficient (Wildman–Crippen LogP) is 4.03. The molecule has 6 nitrogen and oxygen atoms in total. The Morgan fingerprint density at radius 3 is 2.21 bits per heavy atom. The molecule has 1 aromatic carbocycles. The van der Waals surface area contributed by atoms with Crippen LogP contribution in [0.25, 0.3) is 0 Å². The van der Waals surface area contributed by atoms with E-state index in [1.807, 2.05) is 30.3 Å². The second kappa shape index (κ2) is 9.60. The van der Waals surface area contributed by atoms with Crippen molar-refractivity contribution >= 4 is 12.2 Å². The number of carbonyl (C=O) groups is 2.